The molecule has 0 saturated heterocycles. The number of tetrazole rings is 1. The molecule has 0 aliphatic heterocycles. The summed E-state index contributed by atoms with van der Waals surface area (Å²) in [4.78, 5) is 12.0. The van der Waals surface area contributed by atoms with E-state index < -0.39 is 36.2 Å². The van der Waals surface area contributed by atoms with Crippen LogP contribution < -0.4 is 0 Å². The van der Waals surface area contributed by atoms with Crippen molar-refractivity contribution in [3.05, 3.63) is 89.3 Å². The summed E-state index contributed by atoms with van der Waals surface area (Å²) in [6.07, 6.45) is -0.241. The Hall–Kier alpha value is -3.76. The van der Waals surface area contributed by atoms with E-state index in [0.717, 1.165) is 0 Å². The van der Waals surface area contributed by atoms with Gasteiger partial charge in [0.2, 0.25) is 5.82 Å². The summed E-state index contributed by atoms with van der Waals surface area (Å²) >= 11 is 0. The van der Waals surface area contributed by atoms with E-state index in [1.54, 1.807) is 31.3 Å². The Bertz CT molecular complexity index is 1110. The van der Waals surface area contributed by atoms with Gasteiger partial charge in [0.05, 0.1) is 25.7 Å². The lowest BCUT2D eigenvalue weighted by Gasteiger charge is -2.14. The molecule has 1 heterocycles. The lowest BCUT2D eigenvalue weighted by Crippen LogP contribution is -2.19. The van der Waals surface area contributed by atoms with Gasteiger partial charge in [0.25, 0.3) is 0 Å². The summed E-state index contributed by atoms with van der Waals surface area (Å²) in [5.74, 6) is -1.86. The van der Waals surface area contributed by atoms with Gasteiger partial charge >= 0.3 is 5.97 Å². The molecule has 0 aliphatic rings. The van der Waals surface area contributed by atoms with Gasteiger partial charge in [-0.25, -0.2) is 8.78 Å². The number of aromatic nitrogens is 4. The summed E-state index contributed by atoms with van der Waals surface area (Å²) < 4.78 is 27.2. The third kappa shape index (κ3) is 6.61. The van der Waals surface area contributed by atoms with Crippen LogP contribution in [-0.4, -0.2) is 53.7 Å². The van der Waals surface area contributed by atoms with Gasteiger partial charge in [-0.2, -0.15) is 4.80 Å². The van der Waals surface area contributed by atoms with Crippen LogP contribution in [0.2, 0.25) is 0 Å². The van der Waals surface area contributed by atoms with E-state index in [4.69, 9.17) is 5.11 Å². The van der Waals surface area contributed by atoms with Crippen LogP contribution in [-0.2, 0) is 11.8 Å². The molecular weight excluding hydrogens is 434 g/mol. The number of aryl methyl sites for hydroxylation is 1. The molecule has 2 unspecified atom stereocenters. The van der Waals surface area contributed by atoms with Gasteiger partial charge in [-0.05, 0) is 40.6 Å². The maximum atomic E-state index is 13.6. The average Bonchev–Trinajstić information content (AvgIpc) is 3.18. The van der Waals surface area contributed by atoms with E-state index in [2.05, 4.69) is 15.4 Å². The van der Waals surface area contributed by atoms with E-state index in [9.17, 15) is 23.8 Å². The molecule has 2 aromatic carbocycles. The Morgan fingerprint density at radius 2 is 1.58 bits per heavy atom. The number of aliphatic hydroxyl groups is 2. The Labute approximate surface area is 188 Å². The third-order valence-electron chi connectivity index (χ3n) is 4.69. The van der Waals surface area contributed by atoms with E-state index in [-0.39, 0.29) is 12.2 Å². The lowest BCUT2D eigenvalue weighted by molar-refractivity contribution is -0.139. The van der Waals surface area contributed by atoms with Crippen LogP contribution in [0.3, 0.4) is 0 Å². The van der Waals surface area contributed by atoms with Gasteiger partial charge < -0.3 is 15.3 Å². The molecule has 3 rings (SSSR count). The normalized spacial score (nSPS) is 13.1. The first-order valence-electron chi connectivity index (χ1n) is 9.99. The molecule has 0 amide bonds. The van der Waals surface area contributed by atoms with Crippen molar-refractivity contribution in [3.8, 4) is 0 Å². The number of benzene rings is 2. The van der Waals surface area contributed by atoms with E-state index >= 15 is 0 Å². The van der Waals surface area contributed by atoms with E-state index in [0.29, 0.717) is 22.3 Å². The van der Waals surface area contributed by atoms with Crippen LogP contribution in [0.5, 0.6) is 0 Å². The summed E-state index contributed by atoms with van der Waals surface area (Å²) in [6.45, 7) is 0. The van der Waals surface area contributed by atoms with Crippen molar-refractivity contribution in [2.75, 3.05) is 0 Å². The summed E-state index contributed by atoms with van der Waals surface area (Å²) in [7, 11) is 1.57. The first-order valence-corrected chi connectivity index (χ1v) is 9.99. The summed E-state index contributed by atoms with van der Waals surface area (Å²) in [5, 5.41) is 41.0. The number of hydrogen-bond acceptors (Lipinski definition) is 6. The first-order chi connectivity index (χ1) is 15.7. The maximum absolute atomic E-state index is 13.6. The SMILES string of the molecule is Cn1nnc(C(C=CC(O)CC(O)CC(=O)O)=C(c2ccc(F)cc2)c2ccc(F)cc2)n1. The van der Waals surface area contributed by atoms with Gasteiger partial charge in [-0.15, -0.1) is 10.2 Å². The summed E-state index contributed by atoms with van der Waals surface area (Å²) in [5.41, 5.74) is 2.08. The van der Waals surface area contributed by atoms with Crippen LogP contribution in [0.4, 0.5) is 8.78 Å². The molecule has 0 fully saturated rings. The number of halogens is 2. The molecule has 10 heteroatoms. The van der Waals surface area contributed by atoms with Gasteiger partial charge in [0.1, 0.15) is 11.6 Å². The minimum atomic E-state index is -1.24. The second-order valence-corrected chi connectivity index (χ2v) is 7.32. The fourth-order valence-corrected chi connectivity index (χ4v) is 3.22. The average molecular weight is 456 g/mol. The van der Waals surface area contributed by atoms with Crippen LogP contribution in [0, 0.1) is 11.6 Å². The highest BCUT2D eigenvalue weighted by Crippen LogP contribution is 2.32. The van der Waals surface area contributed by atoms with Gasteiger partial charge in [0, 0.05) is 17.6 Å². The number of hydrogen-bond donors (Lipinski definition) is 3. The zero-order valence-electron chi connectivity index (χ0n) is 17.6. The van der Waals surface area contributed by atoms with Crippen molar-refractivity contribution < 1.29 is 28.9 Å². The highest BCUT2D eigenvalue weighted by Gasteiger charge is 2.18. The van der Waals surface area contributed by atoms with Crippen molar-refractivity contribution in [1.82, 2.24) is 20.2 Å². The number of nitrogens with zero attached hydrogens (tertiary/aromatic N) is 4. The van der Waals surface area contributed by atoms with Gasteiger partial charge in [-0.1, -0.05) is 36.4 Å². The molecule has 8 nitrogen and oxygen atoms in total. The molecule has 0 bridgehead atoms. The van der Waals surface area contributed by atoms with E-state index in [1.807, 2.05) is 0 Å². The zero-order valence-corrected chi connectivity index (χ0v) is 17.6. The standard InChI is InChI=1S/C23H22F2N4O4/c1-29-27-23(26-28-29)20(11-10-18(30)12-19(31)13-21(32)33)22(14-2-6-16(24)7-3-14)15-4-8-17(25)9-5-15/h2-11,18-19,30-31H,12-13H2,1H3,(H,32,33). The second-order valence-electron chi connectivity index (χ2n) is 7.32. The second kappa shape index (κ2) is 10.7. The Balaban J connectivity index is 2.12. The molecule has 0 radical (unpaired) electrons. The van der Waals surface area contributed by atoms with Crippen molar-refractivity contribution in [1.29, 1.82) is 0 Å². The lowest BCUT2D eigenvalue weighted by atomic mass is 9.92. The molecule has 3 N–H and O–H groups in total. The number of rotatable bonds is 9. The first kappa shape index (κ1) is 23.9. The van der Waals surface area contributed by atoms with E-state index in [1.165, 1.54) is 41.2 Å². The van der Waals surface area contributed by atoms with Gasteiger partial charge in [-0.3, -0.25) is 4.79 Å². The van der Waals surface area contributed by atoms with Crippen LogP contribution in [0.1, 0.15) is 29.8 Å². The predicted molar refractivity (Wildman–Crippen MR) is 116 cm³/mol. The number of aliphatic carboxylic acids is 1. The molecule has 172 valence electrons. The smallest absolute Gasteiger partial charge is 0.305 e. The summed E-state index contributed by atoms with van der Waals surface area (Å²) in [6, 6.07) is 11.3. The van der Waals surface area contributed by atoms with Crippen molar-refractivity contribution in [2.45, 2.75) is 25.0 Å². The van der Waals surface area contributed by atoms with Crippen LogP contribution in [0.25, 0.3) is 11.1 Å². The number of carboxylic acids is 1. The number of allylic oxidation sites excluding steroid dienone is 2. The fourth-order valence-electron chi connectivity index (χ4n) is 3.22. The molecule has 0 aliphatic carbocycles. The quantitative estimate of drug-likeness (QED) is 0.423. The zero-order chi connectivity index (χ0) is 24.0. The Morgan fingerprint density at radius 3 is 2.03 bits per heavy atom. The maximum Gasteiger partial charge on any atom is 0.305 e. The van der Waals surface area contributed by atoms with Crippen LogP contribution >= 0.6 is 0 Å². The molecular formula is C23H22F2N4O4. The van der Waals surface area contributed by atoms with Crippen molar-refractivity contribution in [3.63, 3.8) is 0 Å². The molecule has 0 spiro atoms. The van der Waals surface area contributed by atoms with Crippen LogP contribution in [0.15, 0.2) is 60.7 Å². The largest absolute Gasteiger partial charge is 0.481 e. The molecule has 1 aromatic heterocycles. The Kier molecular flexibility index (Phi) is 7.75. The predicted octanol–water partition coefficient (Wildman–Crippen LogP) is 2.59. The highest BCUT2D eigenvalue weighted by molar-refractivity contribution is 6.00. The minimum absolute atomic E-state index is 0.190. The topological polar surface area (TPSA) is 121 Å². The number of aliphatic hydroxyl groups excluding tert-OH is 2. The Morgan fingerprint density at radius 1 is 1.03 bits per heavy atom. The number of carbonyl (C=O) groups is 1. The third-order valence-corrected chi connectivity index (χ3v) is 4.69. The van der Waals surface area contributed by atoms with Crippen molar-refractivity contribution >= 4 is 17.1 Å². The molecule has 2 atom stereocenters. The monoisotopic (exact) mass is 456 g/mol. The van der Waals surface area contributed by atoms with Crippen molar-refractivity contribution in [2.24, 2.45) is 7.05 Å². The fraction of sp³-hybridized carbons (Fsp3) is 0.217. The molecule has 0 saturated carbocycles. The van der Waals surface area contributed by atoms with Gasteiger partial charge in [0.15, 0.2) is 0 Å². The number of carboxylic acid groups (broad SMARTS) is 1. The minimum Gasteiger partial charge on any atom is -0.481 e. The molecule has 33 heavy (non-hydrogen) atoms. The molecule has 3 aromatic rings. The highest BCUT2D eigenvalue weighted by atomic mass is 19.1.